The first-order chi connectivity index (χ1) is 7.95. The van der Waals surface area contributed by atoms with Crippen molar-refractivity contribution in [1.29, 1.82) is 0 Å². The second-order valence-electron chi connectivity index (χ2n) is 3.75. The summed E-state index contributed by atoms with van der Waals surface area (Å²) in [5, 5.41) is 17.6. The molecule has 1 aromatic carbocycles. The van der Waals surface area contributed by atoms with Crippen LogP contribution in [0.15, 0.2) is 18.2 Å². The molecule has 1 rings (SSSR count). The van der Waals surface area contributed by atoms with E-state index in [1.807, 2.05) is 13.0 Å². The zero-order valence-corrected chi connectivity index (χ0v) is 9.64. The smallest absolute Gasteiger partial charge is 0.318 e. The van der Waals surface area contributed by atoms with Gasteiger partial charge >= 0.3 is 11.9 Å². The first-order valence-corrected chi connectivity index (χ1v) is 5.05. The highest BCUT2D eigenvalue weighted by molar-refractivity contribution is 5.93. The topological polar surface area (TPSA) is 83.8 Å². The van der Waals surface area contributed by atoms with Crippen molar-refractivity contribution in [2.45, 2.75) is 13.3 Å². The Kier molecular flexibility index (Phi) is 4.09. The van der Waals surface area contributed by atoms with E-state index in [1.54, 1.807) is 12.1 Å². The minimum atomic E-state index is -1.45. The van der Waals surface area contributed by atoms with Crippen LogP contribution in [0, 0.1) is 12.8 Å². The number of aryl methyl sites for hydroxylation is 1. The van der Waals surface area contributed by atoms with Gasteiger partial charge in [0.2, 0.25) is 0 Å². The van der Waals surface area contributed by atoms with Gasteiger partial charge in [0.25, 0.3) is 0 Å². The van der Waals surface area contributed by atoms with Crippen LogP contribution in [0.4, 0.5) is 0 Å². The van der Waals surface area contributed by atoms with Crippen molar-refractivity contribution in [2.24, 2.45) is 5.92 Å². The Morgan fingerprint density at radius 1 is 1.29 bits per heavy atom. The lowest BCUT2D eigenvalue weighted by Crippen LogP contribution is -2.25. The maximum atomic E-state index is 10.8. The van der Waals surface area contributed by atoms with Gasteiger partial charge in [0.15, 0.2) is 5.92 Å². The Balaban J connectivity index is 3.03. The molecule has 0 aromatic heterocycles. The summed E-state index contributed by atoms with van der Waals surface area (Å²) in [6.07, 6.45) is -0.0878. The zero-order valence-electron chi connectivity index (χ0n) is 9.64. The molecular formula is C12H14O5. The molecule has 2 N–H and O–H groups in total. The first kappa shape index (κ1) is 13.0. The summed E-state index contributed by atoms with van der Waals surface area (Å²) >= 11 is 0. The van der Waals surface area contributed by atoms with E-state index in [4.69, 9.17) is 14.9 Å². The molecule has 0 aliphatic rings. The number of carboxylic acids is 2. The van der Waals surface area contributed by atoms with E-state index >= 15 is 0 Å². The summed E-state index contributed by atoms with van der Waals surface area (Å²) in [6, 6.07) is 5.25. The number of hydrogen-bond donors (Lipinski definition) is 2. The number of hydrogen-bond acceptors (Lipinski definition) is 3. The van der Waals surface area contributed by atoms with Crippen molar-refractivity contribution >= 4 is 11.9 Å². The van der Waals surface area contributed by atoms with Crippen LogP contribution in [0.3, 0.4) is 0 Å². The fourth-order valence-electron chi connectivity index (χ4n) is 1.57. The molecule has 0 aliphatic heterocycles. The van der Waals surface area contributed by atoms with Crippen molar-refractivity contribution < 1.29 is 24.5 Å². The Bertz CT molecular complexity index is 425. The van der Waals surface area contributed by atoms with Crippen LogP contribution >= 0.6 is 0 Å². The van der Waals surface area contributed by atoms with E-state index in [9.17, 15) is 9.59 Å². The average Bonchev–Trinajstić information content (AvgIpc) is 2.25. The molecule has 0 atom stereocenters. The van der Waals surface area contributed by atoms with Crippen molar-refractivity contribution in [3.8, 4) is 5.75 Å². The molecule has 0 fully saturated rings. The molecule has 0 saturated carbocycles. The minimum absolute atomic E-state index is 0.0878. The molecule has 5 heteroatoms. The maximum Gasteiger partial charge on any atom is 0.318 e. The van der Waals surface area contributed by atoms with Gasteiger partial charge in [0.1, 0.15) is 5.75 Å². The lowest BCUT2D eigenvalue weighted by Gasteiger charge is -2.12. The molecule has 0 bridgehead atoms. The molecule has 0 spiro atoms. The second-order valence-corrected chi connectivity index (χ2v) is 3.75. The third-order valence-corrected chi connectivity index (χ3v) is 2.46. The summed E-state index contributed by atoms with van der Waals surface area (Å²) in [5.74, 6) is -3.64. The van der Waals surface area contributed by atoms with E-state index in [1.165, 1.54) is 7.11 Å². The number of carbonyl (C=O) groups is 2. The van der Waals surface area contributed by atoms with E-state index in [0.29, 0.717) is 11.3 Å². The van der Waals surface area contributed by atoms with E-state index < -0.39 is 17.9 Å². The van der Waals surface area contributed by atoms with Gasteiger partial charge in [-0.05, 0) is 25.0 Å². The monoisotopic (exact) mass is 238 g/mol. The van der Waals surface area contributed by atoms with Crippen LogP contribution in [0.1, 0.15) is 11.1 Å². The Morgan fingerprint density at radius 2 is 1.88 bits per heavy atom. The maximum absolute atomic E-state index is 10.8. The first-order valence-electron chi connectivity index (χ1n) is 5.05. The van der Waals surface area contributed by atoms with Crippen LogP contribution in [-0.2, 0) is 16.0 Å². The number of carboxylic acid groups (broad SMARTS) is 2. The predicted octanol–water partition coefficient (Wildman–Crippen LogP) is 1.33. The quantitative estimate of drug-likeness (QED) is 0.756. The van der Waals surface area contributed by atoms with E-state index in [0.717, 1.165) is 5.56 Å². The van der Waals surface area contributed by atoms with Crippen molar-refractivity contribution in [2.75, 3.05) is 7.11 Å². The molecule has 5 nitrogen and oxygen atoms in total. The molecule has 1 aromatic rings. The van der Waals surface area contributed by atoms with Gasteiger partial charge in [0.05, 0.1) is 7.11 Å². The molecule has 0 amide bonds. The van der Waals surface area contributed by atoms with Crippen molar-refractivity contribution in [3.05, 3.63) is 29.3 Å². The van der Waals surface area contributed by atoms with Crippen LogP contribution in [0.5, 0.6) is 5.75 Å². The van der Waals surface area contributed by atoms with Gasteiger partial charge < -0.3 is 14.9 Å². The predicted molar refractivity (Wildman–Crippen MR) is 60.2 cm³/mol. The minimum Gasteiger partial charge on any atom is -0.496 e. The number of methoxy groups -OCH3 is 1. The SMILES string of the molecule is COc1ccc(C)cc1CC(C(=O)O)C(=O)O. The molecule has 0 radical (unpaired) electrons. The summed E-state index contributed by atoms with van der Waals surface area (Å²) in [5.41, 5.74) is 1.51. The van der Waals surface area contributed by atoms with Gasteiger partial charge in [0, 0.05) is 0 Å². The lowest BCUT2D eigenvalue weighted by atomic mass is 9.97. The molecule has 0 heterocycles. The molecule has 0 unspecified atom stereocenters. The van der Waals surface area contributed by atoms with Crippen LogP contribution in [0.2, 0.25) is 0 Å². The highest BCUT2D eigenvalue weighted by Crippen LogP contribution is 2.23. The number of ether oxygens (including phenoxy) is 1. The largest absolute Gasteiger partial charge is 0.496 e. The normalized spacial score (nSPS) is 10.3. The van der Waals surface area contributed by atoms with E-state index in [2.05, 4.69) is 0 Å². The van der Waals surface area contributed by atoms with Crippen LogP contribution < -0.4 is 4.74 Å². The summed E-state index contributed by atoms with van der Waals surface area (Å²) in [6.45, 7) is 1.85. The molecular weight excluding hydrogens is 224 g/mol. The average molecular weight is 238 g/mol. The van der Waals surface area contributed by atoms with Crippen LogP contribution in [0.25, 0.3) is 0 Å². The fourth-order valence-corrected chi connectivity index (χ4v) is 1.57. The highest BCUT2D eigenvalue weighted by Gasteiger charge is 2.27. The molecule has 92 valence electrons. The Morgan fingerprint density at radius 3 is 2.35 bits per heavy atom. The second kappa shape index (κ2) is 5.34. The van der Waals surface area contributed by atoms with Gasteiger partial charge in [-0.2, -0.15) is 0 Å². The van der Waals surface area contributed by atoms with Crippen molar-refractivity contribution in [3.63, 3.8) is 0 Å². The highest BCUT2D eigenvalue weighted by atomic mass is 16.5. The fraction of sp³-hybridized carbons (Fsp3) is 0.333. The summed E-state index contributed by atoms with van der Waals surface area (Å²) in [4.78, 5) is 21.6. The van der Waals surface area contributed by atoms with Crippen molar-refractivity contribution in [1.82, 2.24) is 0 Å². The van der Waals surface area contributed by atoms with E-state index in [-0.39, 0.29) is 6.42 Å². The number of aliphatic carboxylic acids is 2. The molecule has 0 aliphatic carbocycles. The Hall–Kier alpha value is -2.04. The molecule has 0 saturated heterocycles. The Labute approximate surface area is 98.6 Å². The summed E-state index contributed by atoms with van der Waals surface area (Å²) in [7, 11) is 1.46. The molecule has 17 heavy (non-hydrogen) atoms. The van der Waals surface area contributed by atoms with Gasteiger partial charge in [-0.25, -0.2) is 0 Å². The standard InChI is InChI=1S/C12H14O5/c1-7-3-4-10(17-2)8(5-7)6-9(11(13)14)12(15)16/h3-5,9H,6H2,1-2H3,(H,13,14)(H,15,16). The van der Waals surface area contributed by atoms with Gasteiger partial charge in [-0.1, -0.05) is 17.7 Å². The zero-order chi connectivity index (χ0) is 13.0. The lowest BCUT2D eigenvalue weighted by molar-refractivity contribution is -0.154. The van der Waals surface area contributed by atoms with Gasteiger partial charge in [-0.15, -0.1) is 0 Å². The summed E-state index contributed by atoms with van der Waals surface area (Å²) < 4.78 is 5.07. The number of rotatable bonds is 5. The third-order valence-electron chi connectivity index (χ3n) is 2.46. The number of benzene rings is 1. The van der Waals surface area contributed by atoms with Gasteiger partial charge in [-0.3, -0.25) is 9.59 Å². The van der Waals surface area contributed by atoms with Crippen LogP contribution in [-0.4, -0.2) is 29.3 Å². The third kappa shape index (κ3) is 3.21.